The topological polar surface area (TPSA) is 62.6 Å². The summed E-state index contributed by atoms with van der Waals surface area (Å²) in [4.78, 5) is 22.8. The number of nitrogens with one attached hydrogen (secondary N) is 1. The van der Waals surface area contributed by atoms with Crippen LogP contribution in [0.4, 0.5) is 5.69 Å². The van der Waals surface area contributed by atoms with Crippen molar-refractivity contribution in [1.29, 1.82) is 0 Å². The number of hydrogen-bond donors (Lipinski definition) is 1. The average Bonchev–Trinajstić information content (AvgIpc) is 3.97. The van der Waals surface area contributed by atoms with E-state index >= 15 is 0 Å². The lowest BCUT2D eigenvalue weighted by molar-refractivity contribution is -0.132. The smallest absolute Gasteiger partial charge is 0.227 e. The first kappa shape index (κ1) is 44.5. The summed E-state index contributed by atoms with van der Waals surface area (Å²) in [6.45, 7) is 9.06. The number of likely N-dealkylation sites (N-methyl/N-ethyl adjacent to an activating group) is 1. The third-order valence-corrected chi connectivity index (χ3v) is 16.0. The molecule has 65 heavy (non-hydrogen) atoms. The molecule has 9 rings (SSSR count). The molecule has 4 heterocycles. The lowest BCUT2D eigenvalue weighted by Crippen LogP contribution is -2.39. The molecule has 4 unspecified atom stereocenters. The molecule has 7 heteroatoms. The first-order valence-electron chi connectivity index (χ1n) is 24.5. The van der Waals surface area contributed by atoms with Crippen LogP contribution in [0.3, 0.4) is 0 Å². The molecule has 3 aliphatic rings. The van der Waals surface area contributed by atoms with Crippen LogP contribution in [0, 0.1) is 17.3 Å². The lowest BCUT2D eigenvalue weighted by Gasteiger charge is -2.39. The maximum Gasteiger partial charge on any atom is 0.227 e. The fraction of sp³-hybridized carbons (Fsp3) is 0.414. The zero-order valence-electron chi connectivity index (χ0n) is 39.7. The van der Waals surface area contributed by atoms with Gasteiger partial charge in [-0.15, -0.1) is 0 Å². The number of nitrogens with zero attached hydrogens (tertiary/aromatic N) is 4. The van der Waals surface area contributed by atoms with Crippen molar-refractivity contribution >= 4 is 50.1 Å². The van der Waals surface area contributed by atoms with Gasteiger partial charge in [-0.2, -0.15) is 0 Å². The largest absolute Gasteiger partial charge is 0.371 e. The number of benzene rings is 4. The van der Waals surface area contributed by atoms with Crippen molar-refractivity contribution in [2.45, 2.75) is 96.9 Å². The number of likely N-dealkylation sites (tertiary alicyclic amines) is 1. The predicted molar refractivity (Wildman–Crippen MR) is 271 cm³/mol. The molecule has 6 aromatic rings. The fourth-order valence-electron chi connectivity index (χ4n) is 11.8. The van der Waals surface area contributed by atoms with Crippen LogP contribution in [0.1, 0.15) is 108 Å². The van der Waals surface area contributed by atoms with E-state index in [0.29, 0.717) is 17.8 Å². The minimum atomic E-state index is -0.425. The molecular formula is C58H69N5O2. The Morgan fingerprint density at radius 1 is 0.877 bits per heavy atom. The molecule has 4 atom stereocenters. The second-order valence-corrected chi connectivity index (χ2v) is 19.4. The summed E-state index contributed by atoms with van der Waals surface area (Å²) in [6.07, 6.45) is 24.3. The number of aromatic nitrogens is 2. The molecule has 1 N–H and O–H groups in total. The molecule has 2 aliphatic heterocycles. The van der Waals surface area contributed by atoms with E-state index in [1.54, 1.807) is 7.11 Å². The van der Waals surface area contributed by atoms with Crippen molar-refractivity contribution in [2.75, 3.05) is 38.9 Å². The van der Waals surface area contributed by atoms with Crippen LogP contribution >= 0.6 is 0 Å². The van der Waals surface area contributed by atoms with Gasteiger partial charge >= 0.3 is 0 Å². The third kappa shape index (κ3) is 8.77. The van der Waals surface area contributed by atoms with Crippen LogP contribution in [0.25, 0.3) is 38.5 Å². The second kappa shape index (κ2) is 19.4. The molecule has 0 saturated carbocycles. The second-order valence-electron chi connectivity index (χ2n) is 19.4. The van der Waals surface area contributed by atoms with Crippen LogP contribution in [0.5, 0.6) is 0 Å². The first-order chi connectivity index (χ1) is 31.7. The highest BCUT2D eigenvalue weighted by molar-refractivity contribution is 6.10. The number of rotatable bonds is 17. The van der Waals surface area contributed by atoms with Crippen molar-refractivity contribution in [1.82, 2.24) is 19.8 Å². The Balaban J connectivity index is 0.964. The van der Waals surface area contributed by atoms with Crippen LogP contribution in [-0.4, -0.2) is 54.3 Å². The van der Waals surface area contributed by atoms with Crippen LogP contribution in [0.15, 0.2) is 132 Å². The summed E-state index contributed by atoms with van der Waals surface area (Å²) in [7, 11) is 6.09. The quantitative estimate of drug-likeness (QED) is 0.0926. The van der Waals surface area contributed by atoms with Crippen molar-refractivity contribution in [3.05, 3.63) is 149 Å². The number of hydrogen-bond acceptors (Lipinski definition) is 5. The molecule has 0 radical (unpaired) electrons. The number of anilines is 1. The van der Waals surface area contributed by atoms with Gasteiger partial charge in [-0.3, -0.25) is 9.78 Å². The summed E-state index contributed by atoms with van der Waals surface area (Å²) in [6, 6.07) is 31.5. The zero-order valence-corrected chi connectivity index (χ0v) is 39.7. The Morgan fingerprint density at radius 3 is 2.34 bits per heavy atom. The van der Waals surface area contributed by atoms with Crippen molar-refractivity contribution in [3.8, 4) is 0 Å². The summed E-state index contributed by atoms with van der Waals surface area (Å²) in [5.41, 5.74) is 9.32. The molecule has 7 nitrogen and oxygen atoms in total. The normalized spacial score (nSPS) is 19.8. The van der Waals surface area contributed by atoms with Crippen molar-refractivity contribution in [3.63, 3.8) is 0 Å². The number of allylic oxidation sites excluding steroid dienone is 4. The van der Waals surface area contributed by atoms with E-state index < -0.39 is 5.41 Å². The first-order valence-corrected chi connectivity index (χ1v) is 24.5. The molecular weight excluding hydrogens is 799 g/mol. The Hall–Kier alpha value is -5.66. The number of carbonyl (C=O) groups is 1. The Bertz CT molecular complexity index is 2780. The van der Waals surface area contributed by atoms with E-state index in [0.717, 1.165) is 51.6 Å². The SMILES string of the molecule is CCC(CCC(CCC(C)(CC)C(=O)NCOC)c1ccncc1)C1CCN(C2=C(/C=C/C3c4cccc5cccc(c45)N3C)CC/C2=C\C=c2/c3cccc4cccc(c43)n2C)CC1. The highest BCUT2D eigenvalue weighted by Crippen LogP contribution is 2.45. The van der Waals surface area contributed by atoms with Gasteiger partial charge in [-0.05, 0) is 139 Å². The third-order valence-electron chi connectivity index (χ3n) is 16.0. The van der Waals surface area contributed by atoms with Crippen LogP contribution in [0.2, 0.25) is 0 Å². The highest BCUT2D eigenvalue weighted by Gasteiger charge is 2.34. The summed E-state index contributed by atoms with van der Waals surface area (Å²) >= 11 is 0. The van der Waals surface area contributed by atoms with E-state index in [1.165, 1.54) is 97.1 Å². The lowest BCUT2D eigenvalue weighted by atomic mass is 9.75. The standard InChI is InChI=1S/C58H69N5O2/c1-7-40(21-22-41(42-30-35-59-36-31-42)29-34-58(3,8-2)57(64)60-39-65-6)43-32-37-63(38-33-43)56-46(25-27-50-48-17-9-13-44-15-11-19-52(54(44)48)61(50)4)23-24-47(56)26-28-51-49-18-10-14-45-16-12-20-53(55(45)49)62(51)5/h9-20,25-28,30-31,35-36,40-41,43,50H,7-8,21-24,29,32-34,37-39H2,1-6H3,(H,60,64)/b27-25+,47-26+,51-28+. The highest BCUT2D eigenvalue weighted by atomic mass is 16.5. The van der Waals surface area contributed by atoms with Gasteiger partial charge in [0.1, 0.15) is 6.73 Å². The van der Waals surface area contributed by atoms with Gasteiger partial charge in [-0.25, -0.2) is 0 Å². The van der Waals surface area contributed by atoms with Gasteiger partial charge in [0.05, 0.1) is 6.04 Å². The van der Waals surface area contributed by atoms with E-state index in [9.17, 15) is 4.79 Å². The van der Waals surface area contributed by atoms with Gasteiger partial charge < -0.3 is 24.4 Å². The fourth-order valence-corrected chi connectivity index (χ4v) is 11.8. The number of methoxy groups -OCH3 is 1. The molecule has 1 aliphatic carbocycles. The van der Waals surface area contributed by atoms with Crippen molar-refractivity contribution in [2.24, 2.45) is 24.3 Å². The van der Waals surface area contributed by atoms with Gasteiger partial charge in [0.25, 0.3) is 0 Å². The average molecular weight is 868 g/mol. The monoisotopic (exact) mass is 868 g/mol. The number of carbonyl (C=O) groups excluding carboxylic acids is 1. The van der Waals surface area contributed by atoms with E-state index in [4.69, 9.17) is 4.74 Å². The van der Waals surface area contributed by atoms with Gasteiger partial charge in [-0.1, -0.05) is 106 Å². The molecule has 0 bridgehead atoms. The van der Waals surface area contributed by atoms with Gasteiger partial charge in [0.2, 0.25) is 5.91 Å². The van der Waals surface area contributed by atoms with E-state index in [2.05, 4.69) is 169 Å². The van der Waals surface area contributed by atoms with Gasteiger partial charge in [0.15, 0.2) is 0 Å². The summed E-state index contributed by atoms with van der Waals surface area (Å²) in [5, 5.41) is 10.9. The molecule has 4 aromatic carbocycles. The Labute approximate surface area is 386 Å². The Morgan fingerprint density at radius 2 is 1.60 bits per heavy atom. The van der Waals surface area contributed by atoms with Gasteiger partial charge in [0, 0.05) is 90.5 Å². The predicted octanol–water partition coefficient (Wildman–Crippen LogP) is 12.3. The number of pyridine rings is 1. The number of piperidine rings is 1. The molecule has 2 aromatic heterocycles. The number of aryl methyl sites for hydroxylation is 1. The van der Waals surface area contributed by atoms with E-state index in [1.807, 2.05) is 12.4 Å². The Kier molecular flexibility index (Phi) is 13.3. The minimum absolute atomic E-state index is 0.0855. The van der Waals surface area contributed by atoms with Crippen molar-refractivity contribution < 1.29 is 9.53 Å². The molecule has 0 spiro atoms. The zero-order chi connectivity index (χ0) is 45.1. The molecule has 338 valence electrons. The molecule has 1 fully saturated rings. The number of ether oxygens (including phenoxy) is 1. The van der Waals surface area contributed by atoms with E-state index in [-0.39, 0.29) is 18.7 Å². The summed E-state index contributed by atoms with van der Waals surface area (Å²) in [5.74, 6) is 1.85. The van der Waals surface area contributed by atoms with Crippen LogP contribution in [-0.2, 0) is 16.6 Å². The maximum absolute atomic E-state index is 13.2. The van der Waals surface area contributed by atoms with Crippen LogP contribution < -0.4 is 15.6 Å². The minimum Gasteiger partial charge on any atom is -0.371 e. The molecule has 1 saturated heterocycles. The molecule has 1 amide bonds. The number of amides is 1. The maximum atomic E-state index is 13.2. The summed E-state index contributed by atoms with van der Waals surface area (Å²) < 4.78 is 7.55.